The lowest BCUT2D eigenvalue weighted by molar-refractivity contribution is -0.133. The van der Waals surface area contributed by atoms with Crippen molar-refractivity contribution < 1.29 is 9.53 Å². The van der Waals surface area contributed by atoms with Gasteiger partial charge in [-0.05, 0) is 56.3 Å². The lowest BCUT2D eigenvalue weighted by atomic mass is 9.75. The molecule has 0 radical (unpaired) electrons. The maximum absolute atomic E-state index is 12.6. The van der Waals surface area contributed by atoms with E-state index in [-0.39, 0.29) is 11.5 Å². The van der Waals surface area contributed by atoms with Crippen LogP contribution < -0.4 is 5.32 Å². The average molecular weight is 235 g/mol. The van der Waals surface area contributed by atoms with E-state index in [1.165, 1.54) is 32.1 Å². The van der Waals surface area contributed by atoms with E-state index in [0.717, 1.165) is 31.5 Å². The van der Waals surface area contributed by atoms with Crippen molar-refractivity contribution in [3.63, 3.8) is 0 Å². The first-order chi connectivity index (χ1) is 8.26. The van der Waals surface area contributed by atoms with E-state index in [0.29, 0.717) is 11.8 Å². The first-order valence-electron chi connectivity index (χ1n) is 7.15. The van der Waals surface area contributed by atoms with Gasteiger partial charge < -0.3 is 10.1 Å². The molecule has 94 valence electrons. The van der Waals surface area contributed by atoms with Crippen molar-refractivity contribution in [2.75, 3.05) is 13.2 Å². The fourth-order valence-electron chi connectivity index (χ4n) is 5.14. The predicted molar refractivity (Wildman–Crippen MR) is 63.4 cm³/mol. The first kappa shape index (κ1) is 10.4. The zero-order valence-corrected chi connectivity index (χ0v) is 10.3. The summed E-state index contributed by atoms with van der Waals surface area (Å²) in [5, 5.41) is 3.26. The molecule has 0 aromatic rings. The highest BCUT2D eigenvalue weighted by atomic mass is 16.5. The summed E-state index contributed by atoms with van der Waals surface area (Å²) in [4.78, 5) is 12.6. The van der Waals surface area contributed by atoms with Crippen molar-refractivity contribution in [2.45, 2.75) is 44.6 Å². The van der Waals surface area contributed by atoms with E-state index in [1.54, 1.807) is 0 Å². The van der Waals surface area contributed by atoms with Crippen LogP contribution in [-0.4, -0.2) is 25.2 Å². The number of rotatable bonds is 2. The van der Waals surface area contributed by atoms with Crippen molar-refractivity contribution >= 4 is 5.91 Å². The van der Waals surface area contributed by atoms with Gasteiger partial charge in [-0.25, -0.2) is 0 Å². The molecule has 5 rings (SSSR count). The number of carbonyl (C=O) groups excluding carboxylic acids is 1. The number of ether oxygens (including phenoxy) is 1. The van der Waals surface area contributed by atoms with Gasteiger partial charge in [0, 0.05) is 6.61 Å². The third-order valence-corrected chi connectivity index (χ3v) is 5.71. The van der Waals surface area contributed by atoms with Crippen LogP contribution >= 0.6 is 0 Å². The predicted octanol–water partition coefficient (Wildman–Crippen LogP) is 1.72. The van der Waals surface area contributed by atoms with E-state index in [2.05, 4.69) is 5.32 Å². The van der Waals surface area contributed by atoms with Gasteiger partial charge in [0.05, 0.1) is 18.1 Å². The topological polar surface area (TPSA) is 38.3 Å². The normalized spacial score (nSPS) is 51.1. The van der Waals surface area contributed by atoms with Crippen LogP contribution in [0, 0.1) is 23.2 Å². The van der Waals surface area contributed by atoms with Crippen LogP contribution in [-0.2, 0) is 9.53 Å². The van der Waals surface area contributed by atoms with Crippen LogP contribution in [0.1, 0.15) is 38.5 Å². The molecule has 3 atom stereocenters. The van der Waals surface area contributed by atoms with Gasteiger partial charge >= 0.3 is 0 Å². The molecule has 17 heavy (non-hydrogen) atoms. The van der Waals surface area contributed by atoms with Gasteiger partial charge in [-0.3, -0.25) is 4.79 Å². The third kappa shape index (κ3) is 1.41. The van der Waals surface area contributed by atoms with Gasteiger partial charge in [0.1, 0.15) is 0 Å². The molecule has 0 aromatic heterocycles. The summed E-state index contributed by atoms with van der Waals surface area (Å²) in [6.45, 7) is 1.53. The second-order valence-corrected chi connectivity index (χ2v) is 6.73. The average Bonchev–Trinajstić information content (AvgIpc) is 2.93. The Morgan fingerprint density at radius 1 is 1.18 bits per heavy atom. The molecule has 4 saturated carbocycles. The van der Waals surface area contributed by atoms with E-state index in [4.69, 9.17) is 4.74 Å². The van der Waals surface area contributed by atoms with Gasteiger partial charge in [0.25, 0.3) is 0 Å². The Hall–Kier alpha value is -0.570. The summed E-state index contributed by atoms with van der Waals surface area (Å²) in [5.41, 5.74) is 0.0379. The Kier molecular flexibility index (Phi) is 2.11. The largest absolute Gasteiger partial charge is 0.379 e. The quantitative estimate of drug-likeness (QED) is 0.791. The molecule has 1 heterocycles. The van der Waals surface area contributed by atoms with Crippen LogP contribution in [0.2, 0.25) is 0 Å². The minimum Gasteiger partial charge on any atom is -0.379 e. The van der Waals surface area contributed by atoms with Crippen molar-refractivity contribution in [1.29, 1.82) is 0 Å². The highest BCUT2D eigenvalue weighted by Gasteiger charge is 2.61. The summed E-state index contributed by atoms with van der Waals surface area (Å²) in [6, 6.07) is 0.287. The van der Waals surface area contributed by atoms with Crippen molar-refractivity contribution in [3.05, 3.63) is 0 Å². The molecule has 4 aliphatic carbocycles. The maximum atomic E-state index is 12.6. The fraction of sp³-hybridized carbons (Fsp3) is 0.929. The van der Waals surface area contributed by atoms with Crippen molar-refractivity contribution in [3.8, 4) is 0 Å². The van der Waals surface area contributed by atoms with Gasteiger partial charge in [0.15, 0.2) is 0 Å². The van der Waals surface area contributed by atoms with E-state index in [9.17, 15) is 4.79 Å². The number of hydrogen-bond acceptors (Lipinski definition) is 2. The summed E-state index contributed by atoms with van der Waals surface area (Å²) in [7, 11) is 0. The van der Waals surface area contributed by atoms with Crippen molar-refractivity contribution in [1.82, 2.24) is 5.32 Å². The molecule has 3 nitrogen and oxygen atoms in total. The Bertz CT molecular complexity index is 334. The second-order valence-electron chi connectivity index (χ2n) is 6.73. The molecule has 3 heteroatoms. The molecule has 1 N–H and O–H groups in total. The standard InChI is InChI=1S/C14H21NO2/c16-13(15-12-1-2-17-8-12)14-6-9-3-10(7-14)5-11(14)4-9/h9-12H,1-8H2,(H,15,16). The van der Waals surface area contributed by atoms with E-state index >= 15 is 0 Å². The Labute approximate surface area is 102 Å². The number of hydrogen-bond donors (Lipinski definition) is 1. The molecule has 0 spiro atoms. The summed E-state index contributed by atoms with van der Waals surface area (Å²) >= 11 is 0. The summed E-state index contributed by atoms with van der Waals surface area (Å²) in [6.07, 6.45) is 7.40. The van der Waals surface area contributed by atoms with Crippen LogP contribution in [0.25, 0.3) is 0 Å². The fourth-order valence-corrected chi connectivity index (χ4v) is 5.14. The van der Waals surface area contributed by atoms with Gasteiger partial charge in [-0.2, -0.15) is 0 Å². The smallest absolute Gasteiger partial charge is 0.226 e. The van der Waals surface area contributed by atoms with Gasteiger partial charge in [0.2, 0.25) is 5.91 Å². The summed E-state index contributed by atoms with van der Waals surface area (Å²) in [5.74, 6) is 2.78. The molecule has 1 amide bonds. The Morgan fingerprint density at radius 3 is 2.59 bits per heavy atom. The minimum absolute atomic E-state index is 0.0379. The highest BCUT2D eigenvalue weighted by Crippen LogP contribution is 2.65. The second kappa shape index (κ2) is 3.47. The van der Waals surface area contributed by atoms with Crippen LogP contribution in [0.15, 0.2) is 0 Å². The molecule has 3 unspecified atom stereocenters. The Balaban J connectivity index is 1.52. The highest BCUT2D eigenvalue weighted by molar-refractivity contribution is 5.84. The number of carbonyl (C=O) groups is 1. The molecule has 4 bridgehead atoms. The molecule has 5 aliphatic rings. The van der Waals surface area contributed by atoms with Gasteiger partial charge in [-0.1, -0.05) is 0 Å². The maximum Gasteiger partial charge on any atom is 0.226 e. The molecule has 1 aliphatic heterocycles. The van der Waals surface area contributed by atoms with Crippen LogP contribution in [0.3, 0.4) is 0 Å². The molecule has 5 fully saturated rings. The zero-order valence-electron chi connectivity index (χ0n) is 10.3. The lowest BCUT2D eigenvalue weighted by Gasteiger charge is -2.32. The molecule has 0 aromatic carbocycles. The van der Waals surface area contributed by atoms with E-state index < -0.39 is 0 Å². The summed E-state index contributed by atoms with van der Waals surface area (Å²) < 4.78 is 5.34. The molecular weight excluding hydrogens is 214 g/mol. The molecular formula is C14H21NO2. The first-order valence-corrected chi connectivity index (χ1v) is 7.15. The monoisotopic (exact) mass is 235 g/mol. The minimum atomic E-state index is 0.0379. The third-order valence-electron chi connectivity index (χ3n) is 5.71. The number of nitrogens with one attached hydrogen (secondary N) is 1. The van der Waals surface area contributed by atoms with Crippen LogP contribution in [0.4, 0.5) is 0 Å². The number of amides is 1. The Morgan fingerprint density at radius 2 is 1.94 bits per heavy atom. The van der Waals surface area contributed by atoms with E-state index in [1.807, 2.05) is 0 Å². The van der Waals surface area contributed by atoms with Crippen molar-refractivity contribution in [2.24, 2.45) is 23.2 Å². The SMILES string of the molecule is O=C(NC1CCOC1)C12CC3CC(CC1C3)C2. The van der Waals surface area contributed by atoms with Gasteiger partial charge in [-0.15, -0.1) is 0 Å². The molecule has 1 saturated heterocycles. The lowest BCUT2D eigenvalue weighted by Crippen LogP contribution is -2.46. The zero-order chi connectivity index (χ0) is 11.5. The van der Waals surface area contributed by atoms with Crippen LogP contribution in [0.5, 0.6) is 0 Å².